The number of hydrogen-bond donors (Lipinski definition) is 1. The first kappa shape index (κ1) is 14.6. The fourth-order valence-electron chi connectivity index (χ4n) is 2.26. The fraction of sp³-hybridized carbons (Fsp3) is 0.533. The lowest BCUT2D eigenvalue weighted by Gasteiger charge is -2.16. The summed E-state index contributed by atoms with van der Waals surface area (Å²) in [5, 5.41) is 8.91. The van der Waals surface area contributed by atoms with Crippen molar-refractivity contribution in [3.8, 4) is 0 Å². The number of carboxylic acids is 1. The molecule has 0 bridgehead atoms. The van der Waals surface area contributed by atoms with Crippen LogP contribution in [0.15, 0.2) is 24.3 Å². The summed E-state index contributed by atoms with van der Waals surface area (Å²) in [5.41, 5.74) is 2.38. The Hall–Kier alpha value is -1.51. The van der Waals surface area contributed by atoms with Crippen LogP contribution in [0.4, 0.5) is 0 Å². The predicted molar refractivity (Wildman–Crippen MR) is 73.8 cm³/mol. The summed E-state index contributed by atoms with van der Waals surface area (Å²) in [5.74, 6) is -1.05. The van der Waals surface area contributed by atoms with E-state index in [0.29, 0.717) is 6.42 Å². The standard InChI is InChI=1S/C12H15NO2.C3H8/c1-8-3-4-9(2)13(8)11-6-5-10(7-11)12(14)15;1-3-2/h3-6,10-11H,7H2,1-2H3,(H,14,15);3H2,1-2H3/t10-,11+;/m0./s1. The van der Waals surface area contributed by atoms with Crippen LogP contribution in [0.3, 0.4) is 0 Å². The third-order valence-electron chi connectivity index (χ3n) is 3.04. The van der Waals surface area contributed by atoms with Crippen LogP contribution in [-0.4, -0.2) is 15.6 Å². The molecule has 0 spiro atoms. The third kappa shape index (κ3) is 3.25. The average molecular weight is 249 g/mol. The number of carboxylic acid groups (broad SMARTS) is 1. The van der Waals surface area contributed by atoms with E-state index in [9.17, 15) is 4.79 Å². The van der Waals surface area contributed by atoms with Crippen LogP contribution in [0, 0.1) is 19.8 Å². The Bertz CT molecular complexity index is 412. The number of hydrogen-bond acceptors (Lipinski definition) is 1. The van der Waals surface area contributed by atoms with Crippen LogP contribution in [0.25, 0.3) is 0 Å². The first-order valence-electron chi connectivity index (χ1n) is 6.56. The van der Waals surface area contributed by atoms with E-state index >= 15 is 0 Å². The highest BCUT2D eigenvalue weighted by Gasteiger charge is 2.26. The second kappa shape index (κ2) is 6.43. The minimum atomic E-state index is -0.726. The summed E-state index contributed by atoms with van der Waals surface area (Å²) in [4.78, 5) is 10.8. The van der Waals surface area contributed by atoms with Gasteiger partial charge >= 0.3 is 5.97 Å². The minimum absolute atomic E-state index is 0.209. The van der Waals surface area contributed by atoms with Gasteiger partial charge in [-0.3, -0.25) is 4.79 Å². The molecule has 0 aromatic carbocycles. The molecule has 0 fully saturated rings. The molecule has 0 saturated heterocycles. The van der Waals surface area contributed by atoms with Crippen LogP contribution in [0.5, 0.6) is 0 Å². The summed E-state index contributed by atoms with van der Waals surface area (Å²) < 4.78 is 2.19. The topological polar surface area (TPSA) is 42.2 Å². The smallest absolute Gasteiger partial charge is 0.310 e. The molecule has 100 valence electrons. The third-order valence-corrected chi connectivity index (χ3v) is 3.04. The lowest BCUT2D eigenvalue weighted by atomic mass is 10.1. The highest BCUT2D eigenvalue weighted by molar-refractivity contribution is 5.72. The van der Waals surface area contributed by atoms with Crippen molar-refractivity contribution in [3.63, 3.8) is 0 Å². The normalized spacial score (nSPS) is 21.6. The molecular formula is C15H23NO2. The van der Waals surface area contributed by atoms with E-state index in [1.165, 1.54) is 17.8 Å². The zero-order chi connectivity index (χ0) is 13.7. The van der Waals surface area contributed by atoms with E-state index < -0.39 is 5.97 Å². The fourth-order valence-corrected chi connectivity index (χ4v) is 2.26. The van der Waals surface area contributed by atoms with Crippen LogP contribution in [-0.2, 0) is 4.79 Å². The van der Waals surface area contributed by atoms with Gasteiger partial charge < -0.3 is 9.67 Å². The number of rotatable bonds is 2. The average Bonchev–Trinajstić information content (AvgIpc) is 2.87. The Labute approximate surface area is 109 Å². The van der Waals surface area contributed by atoms with E-state index in [2.05, 4.69) is 44.4 Å². The van der Waals surface area contributed by atoms with Crippen molar-refractivity contribution >= 4 is 5.97 Å². The number of aryl methyl sites for hydroxylation is 2. The zero-order valence-corrected chi connectivity index (χ0v) is 11.7. The summed E-state index contributed by atoms with van der Waals surface area (Å²) in [6.45, 7) is 8.35. The van der Waals surface area contributed by atoms with E-state index in [1.54, 1.807) is 6.08 Å². The van der Waals surface area contributed by atoms with Gasteiger partial charge in [0.25, 0.3) is 0 Å². The van der Waals surface area contributed by atoms with Crippen molar-refractivity contribution in [2.75, 3.05) is 0 Å². The Morgan fingerprint density at radius 3 is 2.17 bits per heavy atom. The molecular weight excluding hydrogens is 226 g/mol. The van der Waals surface area contributed by atoms with Gasteiger partial charge in [0.15, 0.2) is 0 Å². The molecule has 0 amide bonds. The lowest BCUT2D eigenvalue weighted by Crippen LogP contribution is -2.13. The van der Waals surface area contributed by atoms with Crippen molar-refractivity contribution in [2.24, 2.45) is 5.92 Å². The highest BCUT2D eigenvalue weighted by atomic mass is 16.4. The van der Waals surface area contributed by atoms with Crippen molar-refractivity contribution < 1.29 is 9.90 Å². The number of aliphatic carboxylic acids is 1. The molecule has 2 rings (SSSR count). The summed E-state index contributed by atoms with van der Waals surface area (Å²) in [7, 11) is 0. The van der Waals surface area contributed by atoms with Gasteiger partial charge in [-0.25, -0.2) is 0 Å². The maximum absolute atomic E-state index is 10.8. The molecule has 1 heterocycles. The molecule has 1 N–H and O–H groups in total. The Balaban J connectivity index is 0.000000492. The Morgan fingerprint density at radius 1 is 1.28 bits per heavy atom. The molecule has 0 saturated carbocycles. The molecule has 1 aromatic heterocycles. The van der Waals surface area contributed by atoms with Crippen molar-refractivity contribution in [1.29, 1.82) is 0 Å². The second-order valence-electron chi connectivity index (χ2n) is 4.83. The predicted octanol–water partition coefficient (Wildman–Crippen LogP) is 3.72. The molecule has 18 heavy (non-hydrogen) atoms. The highest BCUT2D eigenvalue weighted by Crippen LogP contribution is 2.30. The molecule has 1 aliphatic carbocycles. The van der Waals surface area contributed by atoms with Crippen LogP contribution in [0.1, 0.15) is 44.1 Å². The van der Waals surface area contributed by atoms with E-state index in [1.807, 2.05) is 6.08 Å². The zero-order valence-electron chi connectivity index (χ0n) is 11.7. The van der Waals surface area contributed by atoms with Gasteiger partial charge in [-0.15, -0.1) is 0 Å². The Morgan fingerprint density at radius 2 is 1.78 bits per heavy atom. The van der Waals surface area contributed by atoms with Crippen LogP contribution >= 0.6 is 0 Å². The van der Waals surface area contributed by atoms with Crippen LogP contribution in [0.2, 0.25) is 0 Å². The molecule has 3 nitrogen and oxygen atoms in total. The van der Waals surface area contributed by atoms with Gasteiger partial charge in [0.1, 0.15) is 0 Å². The molecule has 0 unspecified atom stereocenters. The lowest BCUT2D eigenvalue weighted by molar-refractivity contribution is -0.140. The monoisotopic (exact) mass is 249 g/mol. The van der Waals surface area contributed by atoms with Gasteiger partial charge in [0.05, 0.1) is 12.0 Å². The summed E-state index contributed by atoms with van der Waals surface area (Å²) >= 11 is 0. The van der Waals surface area contributed by atoms with Gasteiger partial charge in [0.2, 0.25) is 0 Å². The molecule has 1 aliphatic rings. The van der Waals surface area contributed by atoms with Gasteiger partial charge in [0, 0.05) is 11.4 Å². The van der Waals surface area contributed by atoms with E-state index in [4.69, 9.17) is 5.11 Å². The number of allylic oxidation sites excluding steroid dienone is 1. The Kier molecular flexibility index (Phi) is 5.20. The number of carbonyl (C=O) groups is 1. The van der Waals surface area contributed by atoms with Crippen LogP contribution < -0.4 is 0 Å². The molecule has 2 atom stereocenters. The van der Waals surface area contributed by atoms with Gasteiger partial charge in [-0.2, -0.15) is 0 Å². The first-order valence-corrected chi connectivity index (χ1v) is 6.56. The number of nitrogens with zero attached hydrogens (tertiary/aromatic N) is 1. The SMILES string of the molecule is CCC.Cc1ccc(C)n1[C@@H]1C=C[C@H](C(=O)O)C1. The maximum Gasteiger partial charge on any atom is 0.310 e. The van der Waals surface area contributed by atoms with Gasteiger partial charge in [-0.05, 0) is 32.4 Å². The minimum Gasteiger partial charge on any atom is -0.481 e. The molecule has 1 aromatic rings. The number of aromatic nitrogens is 1. The van der Waals surface area contributed by atoms with E-state index in [-0.39, 0.29) is 12.0 Å². The molecule has 0 radical (unpaired) electrons. The molecule has 0 aliphatic heterocycles. The quantitative estimate of drug-likeness (QED) is 0.812. The van der Waals surface area contributed by atoms with E-state index in [0.717, 1.165) is 0 Å². The maximum atomic E-state index is 10.8. The largest absolute Gasteiger partial charge is 0.481 e. The van der Waals surface area contributed by atoms with Crippen molar-refractivity contribution in [1.82, 2.24) is 4.57 Å². The molecule has 3 heteroatoms. The first-order chi connectivity index (χ1) is 8.51. The summed E-state index contributed by atoms with van der Waals surface area (Å²) in [6, 6.07) is 4.34. The van der Waals surface area contributed by atoms with Gasteiger partial charge in [-0.1, -0.05) is 32.4 Å². The summed E-state index contributed by atoms with van der Waals surface area (Å²) in [6.07, 6.45) is 5.72. The second-order valence-corrected chi connectivity index (χ2v) is 4.83. The van der Waals surface area contributed by atoms with Crippen molar-refractivity contribution in [3.05, 3.63) is 35.7 Å². The van der Waals surface area contributed by atoms with Crippen molar-refractivity contribution in [2.45, 2.75) is 46.6 Å².